The topological polar surface area (TPSA) is 59.6 Å². The molecule has 1 fully saturated rings. The first-order chi connectivity index (χ1) is 10.6. The molecule has 1 N–H and O–H groups in total. The minimum absolute atomic E-state index is 0.224. The second-order valence-electron chi connectivity index (χ2n) is 6.82. The van der Waals surface area contributed by atoms with Gasteiger partial charge in [0.1, 0.15) is 0 Å². The molecule has 2 rings (SSSR count). The van der Waals surface area contributed by atoms with E-state index in [4.69, 9.17) is 10.5 Å². The normalized spacial score (nSPS) is 24.7. The molecule has 0 heterocycles. The van der Waals surface area contributed by atoms with Crippen LogP contribution in [0.15, 0.2) is 24.3 Å². The number of hydrogen-bond donors (Lipinski definition) is 1. The maximum atomic E-state index is 9.10. The van der Waals surface area contributed by atoms with Crippen LogP contribution in [0.25, 0.3) is 0 Å². The Balaban J connectivity index is 1.84. The van der Waals surface area contributed by atoms with Crippen molar-refractivity contribution in [3.05, 3.63) is 35.4 Å². The molecular formula is C19H25N3. The number of nitriles is 2. The third-order valence-corrected chi connectivity index (χ3v) is 5.32. The number of nitrogens with zero attached hydrogens (tertiary/aromatic N) is 2. The first-order valence-corrected chi connectivity index (χ1v) is 8.19. The van der Waals surface area contributed by atoms with Crippen molar-refractivity contribution in [2.24, 2.45) is 11.3 Å². The molecule has 0 spiro atoms. The van der Waals surface area contributed by atoms with Gasteiger partial charge in [-0.15, -0.1) is 0 Å². The molecule has 1 aliphatic rings. The molecule has 0 saturated heterocycles. The highest BCUT2D eigenvalue weighted by Gasteiger charge is 2.37. The molecule has 0 amide bonds. The van der Waals surface area contributed by atoms with Gasteiger partial charge in [-0.25, -0.2) is 0 Å². The van der Waals surface area contributed by atoms with Gasteiger partial charge in [-0.2, -0.15) is 10.5 Å². The molecule has 0 aromatic heterocycles. The zero-order valence-corrected chi connectivity index (χ0v) is 13.6. The SMILES string of the molecule is CC(C)C1(CC#N)CCC(NCc2ccc(C#N)cc2)CC1. The van der Waals surface area contributed by atoms with Crippen molar-refractivity contribution in [1.82, 2.24) is 5.32 Å². The summed E-state index contributed by atoms with van der Waals surface area (Å²) in [6.45, 7) is 5.35. The summed E-state index contributed by atoms with van der Waals surface area (Å²) in [7, 11) is 0. The van der Waals surface area contributed by atoms with Crippen LogP contribution in [0.1, 0.15) is 57.1 Å². The van der Waals surface area contributed by atoms with Crippen LogP contribution in [-0.4, -0.2) is 6.04 Å². The van der Waals surface area contributed by atoms with Gasteiger partial charge >= 0.3 is 0 Å². The fraction of sp³-hybridized carbons (Fsp3) is 0.579. The molecule has 0 atom stereocenters. The van der Waals surface area contributed by atoms with E-state index in [1.807, 2.05) is 24.3 Å². The molecule has 22 heavy (non-hydrogen) atoms. The Labute approximate surface area is 134 Å². The van der Waals surface area contributed by atoms with Crippen molar-refractivity contribution in [3.63, 3.8) is 0 Å². The van der Waals surface area contributed by atoms with Crippen LogP contribution in [0, 0.1) is 34.0 Å². The Kier molecular flexibility index (Phi) is 5.58. The van der Waals surface area contributed by atoms with Crippen LogP contribution < -0.4 is 5.32 Å². The highest BCUT2D eigenvalue weighted by Crippen LogP contribution is 2.45. The number of benzene rings is 1. The average molecular weight is 295 g/mol. The van der Waals surface area contributed by atoms with E-state index in [1.54, 1.807) is 0 Å². The molecule has 0 unspecified atom stereocenters. The summed E-state index contributed by atoms with van der Waals surface area (Å²) in [6.07, 6.45) is 5.27. The van der Waals surface area contributed by atoms with Crippen molar-refractivity contribution < 1.29 is 0 Å². The lowest BCUT2D eigenvalue weighted by atomic mass is 9.64. The van der Waals surface area contributed by atoms with E-state index in [2.05, 4.69) is 31.3 Å². The molecule has 0 radical (unpaired) electrons. The Bertz CT molecular complexity index is 552. The Morgan fingerprint density at radius 3 is 2.32 bits per heavy atom. The number of rotatable bonds is 5. The summed E-state index contributed by atoms with van der Waals surface area (Å²) in [5, 5.41) is 21.5. The molecule has 3 nitrogen and oxygen atoms in total. The van der Waals surface area contributed by atoms with Crippen molar-refractivity contribution in [1.29, 1.82) is 10.5 Å². The third-order valence-electron chi connectivity index (χ3n) is 5.32. The minimum atomic E-state index is 0.224. The smallest absolute Gasteiger partial charge is 0.0991 e. The van der Waals surface area contributed by atoms with Crippen LogP contribution in [0.4, 0.5) is 0 Å². The largest absolute Gasteiger partial charge is 0.310 e. The molecular weight excluding hydrogens is 270 g/mol. The van der Waals surface area contributed by atoms with Crippen LogP contribution in [0.2, 0.25) is 0 Å². The average Bonchev–Trinajstić information content (AvgIpc) is 2.55. The first-order valence-electron chi connectivity index (χ1n) is 8.19. The van der Waals surface area contributed by atoms with E-state index in [0.29, 0.717) is 23.9 Å². The highest BCUT2D eigenvalue weighted by atomic mass is 14.9. The standard InChI is InChI=1S/C19H25N3/c1-15(2)19(11-12-20)9-7-18(8-10-19)22-14-17-5-3-16(13-21)4-6-17/h3-6,15,18,22H,7-11,14H2,1-2H3. The van der Waals surface area contributed by atoms with Crippen molar-refractivity contribution >= 4 is 0 Å². The first kappa shape index (κ1) is 16.5. The van der Waals surface area contributed by atoms with Crippen LogP contribution in [0.3, 0.4) is 0 Å². The van der Waals surface area contributed by atoms with Gasteiger partial charge in [0, 0.05) is 19.0 Å². The van der Waals surface area contributed by atoms with Gasteiger partial charge in [0.05, 0.1) is 17.7 Å². The van der Waals surface area contributed by atoms with Gasteiger partial charge < -0.3 is 5.32 Å². The minimum Gasteiger partial charge on any atom is -0.310 e. The lowest BCUT2D eigenvalue weighted by molar-refractivity contribution is 0.105. The van der Waals surface area contributed by atoms with Crippen LogP contribution in [-0.2, 0) is 6.54 Å². The lowest BCUT2D eigenvalue weighted by Crippen LogP contribution is -2.39. The monoisotopic (exact) mass is 295 g/mol. The third kappa shape index (κ3) is 3.87. The van der Waals surface area contributed by atoms with E-state index in [0.717, 1.165) is 32.2 Å². The van der Waals surface area contributed by atoms with E-state index in [-0.39, 0.29) is 5.41 Å². The summed E-state index contributed by atoms with van der Waals surface area (Å²) < 4.78 is 0. The van der Waals surface area contributed by atoms with Crippen LogP contribution in [0.5, 0.6) is 0 Å². The van der Waals surface area contributed by atoms with E-state index >= 15 is 0 Å². The van der Waals surface area contributed by atoms with E-state index in [1.165, 1.54) is 5.56 Å². The molecule has 3 heteroatoms. The Hall–Kier alpha value is -1.84. The number of nitrogens with one attached hydrogen (secondary N) is 1. The fourth-order valence-electron chi connectivity index (χ4n) is 3.47. The molecule has 0 aliphatic heterocycles. The molecule has 1 aromatic rings. The van der Waals surface area contributed by atoms with Crippen molar-refractivity contribution in [3.8, 4) is 12.1 Å². The number of hydrogen-bond acceptors (Lipinski definition) is 3. The van der Waals surface area contributed by atoms with Crippen molar-refractivity contribution in [2.45, 2.75) is 58.5 Å². The summed E-state index contributed by atoms with van der Waals surface area (Å²) >= 11 is 0. The van der Waals surface area contributed by atoms with Crippen LogP contribution >= 0.6 is 0 Å². The summed E-state index contributed by atoms with van der Waals surface area (Å²) in [5.41, 5.74) is 2.15. The predicted octanol–water partition coefficient (Wildman–Crippen LogP) is 4.15. The van der Waals surface area contributed by atoms with Gasteiger partial charge in [0.15, 0.2) is 0 Å². The van der Waals surface area contributed by atoms with Gasteiger partial charge in [0.25, 0.3) is 0 Å². The zero-order valence-electron chi connectivity index (χ0n) is 13.6. The highest BCUT2D eigenvalue weighted by molar-refractivity contribution is 5.31. The van der Waals surface area contributed by atoms with Gasteiger partial charge in [0.2, 0.25) is 0 Å². The molecule has 1 aromatic carbocycles. The van der Waals surface area contributed by atoms with Gasteiger partial charge in [-0.3, -0.25) is 0 Å². The summed E-state index contributed by atoms with van der Waals surface area (Å²) in [4.78, 5) is 0. The summed E-state index contributed by atoms with van der Waals surface area (Å²) in [6, 6.07) is 12.9. The van der Waals surface area contributed by atoms with E-state index < -0.39 is 0 Å². The molecule has 1 aliphatic carbocycles. The molecule has 1 saturated carbocycles. The van der Waals surface area contributed by atoms with Crippen molar-refractivity contribution in [2.75, 3.05) is 0 Å². The Morgan fingerprint density at radius 2 is 1.82 bits per heavy atom. The van der Waals surface area contributed by atoms with Gasteiger partial charge in [-0.1, -0.05) is 26.0 Å². The quantitative estimate of drug-likeness (QED) is 0.887. The summed E-state index contributed by atoms with van der Waals surface area (Å²) in [5.74, 6) is 0.576. The maximum Gasteiger partial charge on any atom is 0.0991 e. The zero-order chi connectivity index (χ0) is 16.0. The second-order valence-corrected chi connectivity index (χ2v) is 6.82. The predicted molar refractivity (Wildman–Crippen MR) is 87.8 cm³/mol. The molecule has 116 valence electrons. The lowest BCUT2D eigenvalue weighted by Gasteiger charge is -2.42. The Morgan fingerprint density at radius 1 is 1.18 bits per heavy atom. The molecule has 0 bridgehead atoms. The fourth-order valence-corrected chi connectivity index (χ4v) is 3.47. The van der Waals surface area contributed by atoms with Gasteiger partial charge in [-0.05, 0) is 54.7 Å². The second kappa shape index (κ2) is 7.43. The van der Waals surface area contributed by atoms with E-state index in [9.17, 15) is 0 Å². The maximum absolute atomic E-state index is 9.10.